The van der Waals surface area contributed by atoms with Crippen molar-refractivity contribution in [1.82, 2.24) is 9.97 Å². The van der Waals surface area contributed by atoms with Gasteiger partial charge in [0.05, 0.1) is 28.0 Å². The van der Waals surface area contributed by atoms with E-state index < -0.39 is 18.5 Å². The number of fused-ring (bicyclic) bond motifs is 1. The number of aryl methyl sites for hydroxylation is 2. The molecule has 182 valence electrons. The lowest BCUT2D eigenvalue weighted by atomic mass is 10.0. The highest BCUT2D eigenvalue weighted by Gasteiger charge is 2.16. The Kier molecular flexibility index (Phi) is 6.72. The molecule has 0 saturated heterocycles. The van der Waals surface area contributed by atoms with E-state index in [1.54, 1.807) is 18.2 Å². The van der Waals surface area contributed by atoms with Crippen LogP contribution in [0.15, 0.2) is 97.1 Å². The molecule has 0 atom stereocenters. The fourth-order valence-corrected chi connectivity index (χ4v) is 4.13. The first-order valence-corrected chi connectivity index (χ1v) is 11.9. The van der Waals surface area contributed by atoms with Crippen molar-refractivity contribution >= 4 is 28.6 Å². The third-order valence-electron chi connectivity index (χ3n) is 5.98. The van der Waals surface area contributed by atoms with E-state index >= 15 is 0 Å². The first-order valence-electron chi connectivity index (χ1n) is 11.9. The van der Waals surface area contributed by atoms with Crippen LogP contribution in [0.1, 0.15) is 21.5 Å². The molecule has 0 spiro atoms. The molecule has 6 nitrogen and oxygen atoms in total. The summed E-state index contributed by atoms with van der Waals surface area (Å²) in [5.41, 5.74) is 7.61. The van der Waals surface area contributed by atoms with Crippen LogP contribution in [-0.2, 0) is 9.53 Å². The van der Waals surface area contributed by atoms with E-state index in [-0.39, 0.29) is 0 Å². The molecule has 6 heteroatoms. The van der Waals surface area contributed by atoms with Gasteiger partial charge >= 0.3 is 5.97 Å². The normalized spacial score (nSPS) is 10.8. The van der Waals surface area contributed by atoms with E-state index in [0.717, 1.165) is 33.6 Å². The molecule has 0 fully saturated rings. The van der Waals surface area contributed by atoms with E-state index in [1.807, 2.05) is 92.7 Å². The number of aromatic nitrogens is 2. The van der Waals surface area contributed by atoms with Gasteiger partial charge in [-0.15, -0.1) is 0 Å². The zero-order chi connectivity index (χ0) is 25.8. The summed E-state index contributed by atoms with van der Waals surface area (Å²) in [4.78, 5) is 34.9. The predicted octanol–water partition coefficient (Wildman–Crippen LogP) is 6.38. The average molecular weight is 488 g/mol. The molecule has 4 aromatic carbocycles. The van der Waals surface area contributed by atoms with Gasteiger partial charge in [0.1, 0.15) is 0 Å². The van der Waals surface area contributed by atoms with E-state index in [1.165, 1.54) is 0 Å². The van der Waals surface area contributed by atoms with Gasteiger partial charge in [-0.3, -0.25) is 4.79 Å². The third kappa shape index (κ3) is 5.38. The Labute approximate surface area is 215 Å². The smallest absolute Gasteiger partial charge is 0.338 e. The Morgan fingerprint density at radius 1 is 0.730 bits per heavy atom. The lowest BCUT2D eigenvalue weighted by Crippen LogP contribution is -2.21. The van der Waals surface area contributed by atoms with Crippen LogP contribution in [0.3, 0.4) is 0 Å². The molecule has 1 amide bonds. The van der Waals surface area contributed by atoms with Crippen molar-refractivity contribution in [3.8, 4) is 22.5 Å². The largest absolute Gasteiger partial charge is 0.452 e. The van der Waals surface area contributed by atoms with Crippen LogP contribution in [0.25, 0.3) is 33.5 Å². The highest BCUT2D eigenvalue weighted by molar-refractivity contribution is 5.98. The fourth-order valence-electron chi connectivity index (χ4n) is 4.13. The lowest BCUT2D eigenvalue weighted by molar-refractivity contribution is -0.119. The van der Waals surface area contributed by atoms with Crippen molar-refractivity contribution in [2.24, 2.45) is 0 Å². The van der Waals surface area contributed by atoms with Gasteiger partial charge in [-0.1, -0.05) is 78.4 Å². The maximum absolute atomic E-state index is 12.7. The van der Waals surface area contributed by atoms with Crippen LogP contribution in [0.2, 0.25) is 0 Å². The molecule has 1 N–H and O–H groups in total. The van der Waals surface area contributed by atoms with Crippen molar-refractivity contribution in [2.75, 3.05) is 11.9 Å². The second-order valence-corrected chi connectivity index (χ2v) is 8.80. The molecule has 0 aliphatic rings. The second kappa shape index (κ2) is 10.4. The van der Waals surface area contributed by atoms with Crippen molar-refractivity contribution in [3.05, 3.63) is 114 Å². The number of carbonyl (C=O) groups is 2. The summed E-state index contributed by atoms with van der Waals surface area (Å²) in [5, 5.41) is 2.78. The molecule has 0 aliphatic heterocycles. The molecular formula is C31H25N3O3. The van der Waals surface area contributed by atoms with Gasteiger partial charge in [-0.05, 0) is 43.7 Å². The Hall–Kier alpha value is -4.84. The monoisotopic (exact) mass is 487 g/mol. The second-order valence-electron chi connectivity index (χ2n) is 8.80. The predicted molar refractivity (Wildman–Crippen MR) is 145 cm³/mol. The van der Waals surface area contributed by atoms with Gasteiger partial charge in [-0.2, -0.15) is 0 Å². The molecule has 37 heavy (non-hydrogen) atoms. The molecule has 5 rings (SSSR count). The first kappa shape index (κ1) is 23.9. The Balaban J connectivity index is 1.39. The minimum atomic E-state index is -0.604. The number of amides is 1. The summed E-state index contributed by atoms with van der Waals surface area (Å²) in [5.74, 6) is -1.01. The van der Waals surface area contributed by atoms with Gasteiger partial charge in [0.2, 0.25) is 0 Å². The highest BCUT2D eigenvalue weighted by atomic mass is 16.5. The number of nitrogens with one attached hydrogen (secondary N) is 1. The molecule has 1 heterocycles. The van der Waals surface area contributed by atoms with Crippen LogP contribution in [0.4, 0.5) is 5.69 Å². The number of carbonyl (C=O) groups excluding carboxylic acids is 2. The quantitative estimate of drug-likeness (QED) is 0.281. The van der Waals surface area contributed by atoms with Crippen LogP contribution < -0.4 is 5.32 Å². The zero-order valence-electron chi connectivity index (χ0n) is 20.6. The van der Waals surface area contributed by atoms with Crippen LogP contribution >= 0.6 is 0 Å². The minimum absolute atomic E-state index is 0.299. The number of rotatable bonds is 6. The van der Waals surface area contributed by atoms with Gasteiger partial charge < -0.3 is 10.1 Å². The van der Waals surface area contributed by atoms with Crippen molar-refractivity contribution in [3.63, 3.8) is 0 Å². The maximum Gasteiger partial charge on any atom is 0.338 e. The standard InChI is InChI=1S/C31H25N3O3/c1-20-13-15-25(21(2)17-20)32-28(35)19-37-31(36)24-14-16-26-27(18-24)34-30(23-11-7-4-8-12-23)29(33-26)22-9-5-3-6-10-22/h3-18H,19H2,1-2H3,(H,32,35). The summed E-state index contributed by atoms with van der Waals surface area (Å²) in [6, 6.07) is 30.4. The summed E-state index contributed by atoms with van der Waals surface area (Å²) in [6.07, 6.45) is 0. The zero-order valence-corrected chi connectivity index (χ0v) is 20.6. The summed E-state index contributed by atoms with van der Waals surface area (Å²) in [7, 11) is 0. The fraction of sp³-hybridized carbons (Fsp3) is 0.0968. The van der Waals surface area contributed by atoms with Crippen molar-refractivity contribution in [1.29, 1.82) is 0 Å². The van der Waals surface area contributed by atoms with E-state index in [9.17, 15) is 9.59 Å². The third-order valence-corrected chi connectivity index (χ3v) is 5.98. The topological polar surface area (TPSA) is 81.2 Å². The molecular weight excluding hydrogens is 462 g/mol. The average Bonchev–Trinajstić information content (AvgIpc) is 2.93. The SMILES string of the molecule is Cc1ccc(NC(=O)COC(=O)c2ccc3nc(-c4ccccc4)c(-c4ccccc4)nc3c2)c(C)c1. The van der Waals surface area contributed by atoms with E-state index in [2.05, 4.69) is 5.32 Å². The van der Waals surface area contributed by atoms with E-state index in [4.69, 9.17) is 14.7 Å². The summed E-state index contributed by atoms with van der Waals surface area (Å²) in [6.45, 7) is 3.51. The number of benzene rings is 4. The molecule has 0 bridgehead atoms. The van der Waals surface area contributed by atoms with Gasteiger partial charge in [0, 0.05) is 16.8 Å². The maximum atomic E-state index is 12.7. The molecule has 0 saturated carbocycles. The number of ether oxygens (including phenoxy) is 1. The van der Waals surface area contributed by atoms with Crippen LogP contribution in [0, 0.1) is 13.8 Å². The molecule has 5 aromatic rings. The number of hydrogen-bond donors (Lipinski definition) is 1. The van der Waals surface area contributed by atoms with E-state index in [0.29, 0.717) is 22.3 Å². The summed E-state index contributed by atoms with van der Waals surface area (Å²) < 4.78 is 5.28. The van der Waals surface area contributed by atoms with Crippen molar-refractivity contribution < 1.29 is 14.3 Å². The Bertz CT molecular complexity index is 1600. The van der Waals surface area contributed by atoms with Crippen molar-refractivity contribution in [2.45, 2.75) is 13.8 Å². The highest BCUT2D eigenvalue weighted by Crippen LogP contribution is 2.31. The Morgan fingerprint density at radius 2 is 1.35 bits per heavy atom. The van der Waals surface area contributed by atoms with Gasteiger partial charge in [-0.25, -0.2) is 14.8 Å². The molecule has 0 radical (unpaired) electrons. The molecule has 0 unspecified atom stereocenters. The van der Waals surface area contributed by atoms with Crippen LogP contribution in [-0.4, -0.2) is 28.5 Å². The Morgan fingerprint density at radius 3 is 1.97 bits per heavy atom. The lowest BCUT2D eigenvalue weighted by Gasteiger charge is -2.12. The molecule has 0 aliphatic carbocycles. The minimum Gasteiger partial charge on any atom is -0.452 e. The molecule has 1 aromatic heterocycles. The first-order chi connectivity index (χ1) is 18.0. The van der Waals surface area contributed by atoms with Crippen LogP contribution in [0.5, 0.6) is 0 Å². The van der Waals surface area contributed by atoms with Gasteiger partial charge in [0.25, 0.3) is 5.91 Å². The summed E-state index contributed by atoms with van der Waals surface area (Å²) >= 11 is 0. The number of anilines is 1. The number of nitrogens with zero attached hydrogens (tertiary/aromatic N) is 2. The number of hydrogen-bond acceptors (Lipinski definition) is 5. The van der Waals surface area contributed by atoms with Gasteiger partial charge in [0.15, 0.2) is 6.61 Å². The number of esters is 1.